The summed E-state index contributed by atoms with van der Waals surface area (Å²) in [4.78, 5) is 25.5. The molecule has 2 unspecified atom stereocenters. The third-order valence-electron chi connectivity index (χ3n) is 7.14. The predicted molar refractivity (Wildman–Crippen MR) is 140 cm³/mol. The second-order valence-electron chi connectivity index (χ2n) is 8.80. The zero-order chi connectivity index (χ0) is 24.0. The van der Waals surface area contributed by atoms with Crippen molar-refractivity contribution in [3.63, 3.8) is 0 Å². The van der Waals surface area contributed by atoms with Crippen LogP contribution in [0.25, 0.3) is 10.6 Å². The first-order valence-corrected chi connectivity index (χ1v) is 14.6. The molecule has 2 bridgehead atoms. The molecule has 2 aromatic rings. The topological polar surface area (TPSA) is 52.6 Å². The first-order chi connectivity index (χ1) is 16.5. The summed E-state index contributed by atoms with van der Waals surface area (Å²) in [5.41, 5.74) is 6.15. The first-order valence-electron chi connectivity index (χ1n) is 11.5. The first kappa shape index (κ1) is 23.2. The molecule has 3 aliphatic heterocycles. The number of methoxy groups -OCH3 is 2. The highest BCUT2D eigenvalue weighted by Gasteiger charge is 2.54. The van der Waals surface area contributed by atoms with Crippen molar-refractivity contribution in [2.45, 2.75) is 25.2 Å². The van der Waals surface area contributed by atoms with Crippen molar-refractivity contribution in [3.05, 3.63) is 94.1 Å². The van der Waals surface area contributed by atoms with Gasteiger partial charge in [0.1, 0.15) is 0 Å². The van der Waals surface area contributed by atoms with E-state index in [4.69, 9.17) is 9.47 Å². The summed E-state index contributed by atoms with van der Waals surface area (Å²) < 4.78 is 10.2. The molecular weight excluding hydrogens is 462 g/mol. The lowest BCUT2D eigenvalue weighted by Crippen LogP contribution is -2.24. The molecule has 3 heterocycles. The fraction of sp³-hybridized carbons (Fsp3) is 0.286. The van der Waals surface area contributed by atoms with E-state index in [9.17, 15) is 9.59 Å². The molecular formula is C28H28O4P2. The van der Waals surface area contributed by atoms with Crippen LogP contribution in [0.1, 0.15) is 25.0 Å². The summed E-state index contributed by atoms with van der Waals surface area (Å²) in [5, 5.41) is 2.97. The molecule has 3 aliphatic rings. The summed E-state index contributed by atoms with van der Waals surface area (Å²) in [5.74, 6) is -0.782. The Balaban J connectivity index is 1.42. The van der Waals surface area contributed by atoms with Crippen LogP contribution in [0.4, 0.5) is 0 Å². The Kier molecular flexibility index (Phi) is 6.32. The van der Waals surface area contributed by atoms with Crippen LogP contribution < -0.4 is 0 Å². The minimum absolute atomic E-state index is 0.00292. The van der Waals surface area contributed by atoms with Crippen molar-refractivity contribution in [2.75, 3.05) is 26.5 Å². The summed E-state index contributed by atoms with van der Waals surface area (Å²) >= 11 is 0. The highest BCUT2D eigenvalue weighted by molar-refractivity contribution is 7.89. The van der Waals surface area contributed by atoms with Crippen molar-refractivity contribution in [2.24, 2.45) is 0 Å². The Morgan fingerprint density at radius 1 is 0.706 bits per heavy atom. The number of esters is 2. The number of rotatable bonds is 7. The number of benzene rings is 2. The van der Waals surface area contributed by atoms with Gasteiger partial charge in [-0.15, -0.1) is 0 Å². The highest BCUT2D eigenvalue weighted by atomic mass is 31.1. The van der Waals surface area contributed by atoms with E-state index in [1.165, 1.54) is 47.1 Å². The molecule has 0 saturated heterocycles. The van der Waals surface area contributed by atoms with E-state index in [-0.39, 0.29) is 19.2 Å². The summed E-state index contributed by atoms with van der Waals surface area (Å²) in [6, 6.07) is 21.3. The van der Waals surface area contributed by atoms with Gasteiger partial charge in [-0.25, -0.2) is 9.59 Å². The Morgan fingerprint density at radius 2 is 1.12 bits per heavy atom. The third kappa shape index (κ3) is 3.69. The van der Waals surface area contributed by atoms with Crippen LogP contribution in [0.15, 0.2) is 83.0 Å². The summed E-state index contributed by atoms with van der Waals surface area (Å²) in [6.07, 6.45) is 2.09. The number of allylic oxidation sites excluding steroid dienone is 2. The molecule has 6 heteroatoms. The lowest BCUT2D eigenvalue weighted by atomic mass is 9.87. The average molecular weight is 490 g/mol. The standard InChI is InChI=1S/C28H28O4P2/c1-17-18(2)24-22(28(30)32-4)21(27(29)31-3)23(17)33(24)15-16-34-25(19-11-7-5-8-12-19)26(34)20-13-9-6-10-14-20/h5-14,23-24H,15-16H2,1-4H3. The van der Waals surface area contributed by atoms with Gasteiger partial charge in [0.05, 0.1) is 25.4 Å². The number of fused-ring (bicyclic) bond motifs is 2. The van der Waals surface area contributed by atoms with Crippen LogP contribution >= 0.6 is 15.8 Å². The van der Waals surface area contributed by atoms with Crippen LogP contribution in [0, 0.1) is 0 Å². The zero-order valence-corrected chi connectivity index (χ0v) is 21.7. The van der Waals surface area contributed by atoms with Crippen molar-refractivity contribution in [1.29, 1.82) is 0 Å². The fourth-order valence-electron chi connectivity index (χ4n) is 5.47. The van der Waals surface area contributed by atoms with Gasteiger partial charge in [-0.05, 0) is 55.8 Å². The van der Waals surface area contributed by atoms with Crippen LogP contribution in [0.2, 0.25) is 0 Å². The van der Waals surface area contributed by atoms with Gasteiger partial charge in [-0.1, -0.05) is 79.7 Å². The number of ether oxygens (including phenoxy) is 2. The maximum Gasteiger partial charge on any atom is 0.335 e. The van der Waals surface area contributed by atoms with E-state index < -0.39 is 19.9 Å². The van der Waals surface area contributed by atoms with Gasteiger partial charge in [0.25, 0.3) is 0 Å². The third-order valence-corrected chi connectivity index (χ3v) is 13.3. The predicted octanol–water partition coefficient (Wildman–Crippen LogP) is 6.23. The zero-order valence-electron chi connectivity index (χ0n) is 19.9. The second kappa shape index (κ2) is 9.25. The van der Waals surface area contributed by atoms with E-state index in [1.54, 1.807) is 0 Å². The Hall–Kier alpha value is -2.54. The molecule has 4 nitrogen and oxygen atoms in total. The van der Waals surface area contributed by atoms with Crippen molar-refractivity contribution < 1.29 is 19.1 Å². The number of hydrogen-bond donors (Lipinski definition) is 0. The maximum absolute atomic E-state index is 12.8. The molecule has 0 N–H and O–H groups in total. The van der Waals surface area contributed by atoms with Crippen LogP contribution in [-0.2, 0) is 19.1 Å². The molecule has 0 amide bonds. The molecule has 34 heavy (non-hydrogen) atoms. The Bertz CT molecular complexity index is 1150. The molecule has 0 fully saturated rings. The number of carbonyl (C=O) groups is 2. The van der Waals surface area contributed by atoms with Crippen molar-refractivity contribution in [1.82, 2.24) is 0 Å². The molecule has 2 atom stereocenters. The van der Waals surface area contributed by atoms with Gasteiger partial charge in [0.15, 0.2) is 0 Å². The van der Waals surface area contributed by atoms with E-state index in [0.717, 1.165) is 12.3 Å². The quantitative estimate of drug-likeness (QED) is 0.262. The number of carbonyl (C=O) groups excluding carboxylic acids is 2. The van der Waals surface area contributed by atoms with Crippen LogP contribution in [0.5, 0.6) is 0 Å². The van der Waals surface area contributed by atoms with Gasteiger partial charge in [0, 0.05) is 11.3 Å². The van der Waals surface area contributed by atoms with E-state index >= 15 is 0 Å². The van der Waals surface area contributed by atoms with E-state index in [1.807, 2.05) is 0 Å². The molecule has 174 valence electrons. The van der Waals surface area contributed by atoms with Gasteiger partial charge < -0.3 is 9.47 Å². The molecule has 0 aromatic heterocycles. The van der Waals surface area contributed by atoms with Crippen molar-refractivity contribution >= 4 is 38.4 Å². The van der Waals surface area contributed by atoms with Crippen molar-refractivity contribution in [3.8, 4) is 0 Å². The normalized spacial score (nSPS) is 23.6. The monoisotopic (exact) mass is 490 g/mol. The van der Waals surface area contributed by atoms with E-state index in [0.29, 0.717) is 11.1 Å². The largest absolute Gasteiger partial charge is 0.466 e. The molecule has 2 aromatic carbocycles. The molecule has 0 aliphatic carbocycles. The maximum atomic E-state index is 12.8. The molecule has 0 spiro atoms. The van der Waals surface area contributed by atoms with Crippen LogP contribution in [0.3, 0.4) is 0 Å². The van der Waals surface area contributed by atoms with Gasteiger partial charge in [0.2, 0.25) is 0 Å². The smallest absolute Gasteiger partial charge is 0.335 e. The fourth-order valence-corrected chi connectivity index (χ4v) is 12.8. The van der Waals surface area contributed by atoms with Gasteiger partial charge in [-0.3, -0.25) is 0 Å². The lowest BCUT2D eigenvalue weighted by Gasteiger charge is -2.21. The summed E-state index contributed by atoms with van der Waals surface area (Å²) in [6.45, 7) is 4.22. The lowest BCUT2D eigenvalue weighted by molar-refractivity contribution is -0.139. The Morgan fingerprint density at radius 3 is 1.50 bits per heavy atom. The average Bonchev–Trinajstić information content (AvgIpc) is 3.44. The van der Waals surface area contributed by atoms with Gasteiger partial charge >= 0.3 is 11.9 Å². The minimum atomic E-state index is -0.619. The SMILES string of the molecule is COC(=O)C1=C(C(=O)OC)C2C(C)=C(C)C1P2CCP1C(c2ccccc2)=C1c1ccccc1. The number of hydrogen-bond acceptors (Lipinski definition) is 4. The second-order valence-corrected chi connectivity index (χ2v) is 13.5. The van der Waals surface area contributed by atoms with Crippen LogP contribution in [-0.4, -0.2) is 49.8 Å². The molecule has 0 saturated carbocycles. The Labute approximate surface area is 203 Å². The highest BCUT2D eigenvalue weighted by Crippen LogP contribution is 2.79. The molecule has 5 rings (SSSR count). The molecule has 0 radical (unpaired) electrons. The van der Waals surface area contributed by atoms with E-state index in [2.05, 4.69) is 74.5 Å². The van der Waals surface area contributed by atoms with Gasteiger partial charge in [-0.2, -0.15) is 0 Å². The minimum Gasteiger partial charge on any atom is -0.466 e. The summed E-state index contributed by atoms with van der Waals surface area (Å²) in [7, 11) is 1.79.